The molecule has 0 bridgehead atoms. The van der Waals surface area contributed by atoms with Crippen molar-refractivity contribution in [1.82, 2.24) is 9.88 Å². The van der Waals surface area contributed by atoms with E-state index in [1.54, 1.807) is 13.0 Å². The number of alkyl halides is 2. The molecule has 8 heteroatoms. The number of likely N-dealkylation sites (tertiary alicyclic amines) is 1. The van der Waals surface area contributed by atoms with E-state index in [2.05, 4.69) is 9.72 Å². The average molecular weight is 300 g/mol. The summed E-state index contributed by atoms with van der Waals surface area (Å²) in [5.74, 6) is -3.87. The smallest absolute Gasteiger partial charge is 0.388 e. The lowest BCUT2D eigenvalue weighted by molar-refractivity contribution is -0.147. The summed E-state index contributed by atoms with van der Waals surface area (Å²) in [5.41, 5.74) is 0.859. The predicted octanol–water partition coefficient (Wildman–Crippen LogP) is 1.25. The van der Waals surface area contributed by atoms with Gasteiger partial charge < -0.3 is 14.7 Å². The normalized spacial score (nSPS) is 22.0. The molecular formula is C13H14F2N2O4. The van der Waals surface area contributed by atoms with Crippen molar-refractivity contribution in [2.75, 3.05) is 13.6 Å². The first-order valence-corrected chi connectivity index (χ1v) is 6.20. The van der Waals surface area contributed by atoms with E-state index in [0.717, 1.165) is 0 Å². The number of likely N-dealkylation sites (N-methyl/N-ethyl adjacent to an activating group) is 1. The Kier molecular flexibility index (Phi) is 4.06. The minimum Gasteiger partial charge on any atom is -0.481 e. The summed E-state index contributed by atoms with van der Waals surface area (Å²) >= 11 is 0. The molecule has 1 aliphatic rings. The van der Waals surface area contributed by atoms with E-state index < -0.39 is 30.3 Å². The topological polar surface area (TPSA) is 79.7 Å². The van der Waals surface area contributed by atoms with Gasteiger partial charge in [-0.2, -0.15) is 8.78 Å². The van der Waals surface area contributed by atoms with Crippen LogP contribution in [0.1, 0.15) is 17.2 Å². The van der Waals surface area contributed by atoms with Gasteiger partial charge in [-0.3, -0.25) is 9.59 Å². The number of hydrogen-bond acceptors (Lipinski definition) is 4. The highest BCUT2D eigenvalue weighted by molar-refractivity contribution is 5.99. The van der Waals surface area contributed by atoms with E-state index >= 15 is 0 Å². The molecule has 1 aromatic rings. The Hall–Kier alpha value is -2.25. The lowest BCUT2D eigenvalue weighted by atomic mass is 9.89. The van der Waals surface area contributed by atoms with Crippen molar-refractivity contribution in [3.63, 3.8) is 0 Å². The van der Waals surface area contributed by atoms with Gasteiger partial charge in [0.15, 0.2) is 0 Å². The zero-order valence-corrected chi connectivity index (χ0v) is 11.4. The first-order valence-electron chi connectivity index (χ1n) is 6.20. The number of hydrogen-bond donors (Lipinski definition) is 1. The van der Waals surface area contributed by atoms with Gasteiger partial charge >= 0.3 is 12.6 Å². The first kappa shape index (κ1) is 15.1. The number of carboxylic acid groups (broad SMARTS) is 1. The maximum atomic E-state index is 12.3. The molecular weight excluding hydrogens is 286 g/mol. The fourth-order valence-corrected chi connectivity index (χ4v) is 2.51. The predicted molar refractivity (Wildman–Crippen MR) is 67.1 cm³/mol. The van der Waals surface area contributed by atoms with Gasteiger partial charge in [0.2, 0.25) is 11.8 Å². The number of pyridine rings is 1. The highest BCUT2D eigenvalue weighted by Crippen LogP contribution is 2.34. The molecule has 21 heavy (non-hydrogen) atoms. The van der Waals surface area contributed by atoms with Crippen LogP contribution in [0.4, 0.5) is 8.78 Å². The molecule has 0 radical (unpaired) electrons. The number of carboxylic acids is 1. The lowest BCUT2D eigenvalue weighted by Gasteiger charge is -2.15. The molecule has 1 aliphatic heterocycles. The van der Waals surface area contributed by atoms with Gasteiger partial charge in [0.05, 0.1) is 0 Å². The van der Waals surface area contributed by atoms with Crippen LogP contribution < -0.4 is 4.74 Å². The van der Waals surface area contributed by atoms with Crippen LogP contribution in [-0.4, -0.2) is 47.1 Å². The molecule has 1 saturated heterocycles. The van der Waals surface area contributed by atoms with Gasteiger partial charge in [-0.1, -0.05) is 0 Å². The van der Waals surface area contributed by atoms with Crippen LogP contribution in [0.5, 0.6) is 5.88 Å². The SMILES string of the molecule is Cc1cc([C@H]2CN(C)C(=O)[C@@H]2C(=O)O)cc(OC(F)F)n1. The molecule has 1 fully saturated rings. The number of aliphatic carboxylic acids is 1. The third-order valence-corrected chi connectivity index (χ3v) is 3.37. The maximum Gasteiger partial charge on any atom is 0.388 e. The fraction of sp³-hybridized carbons (Fsp3) is 0.462. The van der Waals surface area contributed by atoms with Crippen molar-refractivity contribution in [3.05, 3.63) is 23.4 Å². The number of halogens is 2. The van der Waals surface area contributed by atoms with Crippen LogP contribution in [-0.2, 0) is 9.59 Å². The second kappa shape index (κ2) is 5.63. The fourth-order valence-electron chi connectivity index (χ4n) is 2.51. The van der Waals surface area contributed by atoms with E-state index in [-0.39, 0.29) is 12.4 Å². The largest absolute Gasteiger partial charge is 0.481 e. The average Bonchev–Trinajstić information content (AvgIpc) is 2.64. The molecule has 1 N–H and O–H groups in total. The van der Waals surface area contributed by atoms with E-state index in [9.17, 15) is 23.5 Å². The minimum atomic E-state index is -3.02. The van der Waals surface area contributed by atoms with Gasteiger partial charge in [-0.15, -0.1) is 0 Å². The van der Waals surface area contributed by atoms with Crippen LogP contribution in [0.3, 0.4) is 0 Å². The Labute approximate surface area is 119 Å². The third kappa shape index (κ3) is 3.09. The van der Waals surface area contributed by atoms with Gasteiger partial charge in [-0.05, 0) is 18.6 Å². The monoisotopic (exact) mass is 300 g/mol. The van der Waals surface area contributed by atoms with Crippen molar-refractivity contribution < 1.29 is 28.2 Å². The molecule has 2 rings (SSSR count). The van der Waals surface area contributed by atoms with Crippen molar-refractivity contribution in [2.45, 2.75) is 19.5 Å². The Bertz CT molecular complexity index is 579. The molecule has 2 heterocycles. The zero-order chi connectivity index (χ0) is 15.7. The van der Waals surface area contributed by atoms with Crippen LogP contribution in [0.2, 0.25) is 0 Å². The van der Waals surface area contributed by atoms with E-state index in [1.165, 1.54) is 18.0 Å². The van der Waals surface area contributed by atoms with Crippen molar-refractivity contribution >= 4 is 11.9 Å². The van der Waals surface area contributed by atoms with Crippen LogP contribution in [0.25, 0.3) is 0 Å². The van der Waals surface area contributed by atoms with Crippen LogP contribution in [0.15, 0.2) is 12.1 Å². The second-order valence-electron chi connectivity index (χ2n) is 4.90. The summed E-state index contributed by atoms with van der Waals surface area (Å²) in [5, 5.41) is 9.20. The molecule has 0 aromatic carbocycles. The first-order chi connectivity index (χ1) is 9.79. The summed E-state index contributed by atoms with van der Waals surface area (Å²) < 4.78 is 28.8. The number of aromatic nitrogens is 1. The summed E-state index contributed by atoms with van der Waals surface area (Å²) in [7, 11) is 1.50. The van der Waals surface area contributed by atoms with Crippen molar-refractivity contribution in [1.29, 1.82) is 0 Å². The van der Waals surface area contributed by atoms with E-state index in [0.29, 0.717) is 11.3 Å². The molecule has 0 aliphatic carbocycles. The standard InChI is InChI=1S/C13H14F2N2O4/c1-6-3-7(4-9(16-6)21-13(14)15)8-5-17(2)11(18)10(8)12(19)20/h3-4,8,10,13H,5H2,1-2H3,(H,19,20)/t8-,10-/m1/s1. The summed E-state index contributed by atoms with van der Waals surface area (Å²) in [6.07, 6.45) is 0. The Balaban J connectivity index is 2.38. The number of nitrogens with zero attached hydrogens (tertiary/aromatic N) is 2. The second-order valence-corrected chi connectivity index (χ2v) is 4.90. The van der Waals surface area contributed by atoms with E-state index in [4.69, 9.17) is 0 Å². The molecule has 1 amide bonds. The number of amides is 1. The molecule has 6 nitrogen and oxygen atoms in total. The minimum absolute atomic E-state index is 0.202. The maximum absolute atomic E-state index is 12.3. The Morgan fingerprint density at radius 3 is 2.76 bits per heavy atom. The third-order valence-electron chi connectivity index (χ3n) is 3.37. The molecule has 0 saturated carbocycles. The van der Waals surface area contributed by atoms with Gasteiger partial charge in [0.25, 0.3) is 0 Å². The van der Waals surface area contributed by atoms with Crippen molar-refractivity contribution in [2.24, 2.45) is 5.92 Å². The lowest BCUT2D eigenvalue weighted by Crippen LogP contribution is -2.28. The highest BCUT2D eigenvalue weighted by Gasteiger charge is 2.44. The molecule has 114 valence electrons. The highest BCUT2D eigenvalue weighted by atomic mass is 19.3. The number of aryl methyl sites for hydroxylation is 1. The number of ether oxygens (including phenoxy) is 1. The van der Waals surface area contributed by atoms with Crippen LogP contribution >= 0.6 is 0 Å². The van der Waals surface area contributed by atoms with Crippen LogP contribution in [0, 0.1) is 12.8 Å². The molecule has 0 unspecified atom stereocenters. The zero-order valence-electron chi connectivity index (χ0n) is 11.4. The number of carbonyl (C=O) groups excluding carboxylic acids is 1. The molecule has 2 atom stereocenters. The summed E-state index contributed by atoms with van der Waals surface area (Å²) in [6, 6.07) is 2.83. The van der Waals surface area contributed by atoms with Crippen molar-refractivity contribution in [3.8, 4) is 5.88 Å². The molecule has 1 aromatic heterocycles. The Morgan fingerprint density at radius 1 is 1.52 bits per heavy atom. The number of rotatable bonds is 4. The summed E-state index contributed by atoms with van der Waals surface area (Å²) in [4.78, 5) is 28.2. The van der Waals surface area contributed by atoms with Gasteiger partial charge in [-0.25, -0.2) is 4.98 Å². The van der Waals surface area contributed by atoms with Gasteiger partial charge in [0.1, 0.15) is 5.92 Å². The van der Waals surface area contributed by atoms with E-state index in [1.807, 2.05) is 0 Å². The van der Waals surface area contributed by atoms with Gasteiger partial charge in [0, 0.05) is 31.3 Å². The number of carbonyl (C=O) groups is 2. The summed E-state index contributed by atoms with van der Waals surface area (Å²) in [6.45, 7) is -1.24. The molecule has 0 spiro atoms. The quantitative estimate of drug-likeness (QED) is 0.846. The Morgan fingerprint density at radius 2 is 2.19 bits per heavy atom.